The van der Waals surface area contributed by atoms with Crippen LogP contribution in [0, 0.1) is 0 Å². The lowest BCUT2D eigenvalue weighted by Gasteiger charge is -2.26. The van der Waals surface area contributed by atoms with Crippen LogP contribution in [0.5, 0.6) is 11.5 Å². The van der Waals surface area contributed by atoms with Crippen molar-refractivity contribution in [3.05, 3.63) is 33.7 Å². The zero-order valence-electron chi connectivity index (χ0n) is 13.9. The number of carbonyl (C=O) groups is 2. The number of hydrogen-bond donors (Lipinski definition) is 0. The molecule has 128 valence electrons. The Hall–Kier alpha value is -2.73. The second kappa shape index (κ2) is 7.23. The summed E-state index contributed by atoms with van der Waals surface area (Å²) in [6, 6.07) is 3.37. The topological polar surface area (TPSA) is 111 Å². The highest BCUT2D eigenvalue weighted by atomic mass is 16.5. The van der Waals surface area contributed by atoms with Gasteiger partial charge < -0.3 is 14.2 Å². The maximum absolute atomic E-state index is 12.7. The van der Waals surface area contributed by atoms with Crippen molar-refractivity contribution < 1.29 is 23.8 Å². The average Bonchev–Trinajstić information content (AvgIpc) is 2.88. The Morgan fingerprint density at radius 2 is 1.96 bits per heavy atom. The highest BCUT2D eigenvalue weighted by Crippen LogP contribution is 2.45. The fourth-order valence-corrected chi connectivity index (χ4v) is 3.17. The molecule has 1 aromatic carbocycles. The van der Waals surface area contributed by atoms with Crippen molar-refractivity contribution in [3.63, 3.8) is 0 Å². The molecule has 1 atom stereocenters. The van der Waals surface area contributed by atoms with Gasteiger partial charge in [0, 0.05) is 17.9 Å². The Labute approximate surface area is 139 Å². The van der Waals surface area contributed by atoms with E-state index in [1.54, 1.807) is 12.1 Å². The minimum Gasteiger partial charge on any atom is -0.493 e. The van der Waals surface area contributed by atoms with Crippen LogP contribution in [-0.2, 0) is 26.2 Å². The van der Waals surface area contributed by atoms with E-state index in [4.69, 9.17) is 19.7 Å². The van der Waals surface area contributed by atoms with Gasteiger partial charge in [0.1, 0.15) is 0 Å². The van der Waals surface area contributed by atoms with E-state index < -0.39 is 11.4 Å². The van der Waals surface area contributed by atoms with Crippen molar-refractivity contribution >= 4 is 11.8 Å². The Bertz CT molecular complexity index is 712. The number of esters is 1. The number of benzene rings is 1. The van der Waals surface area contributed by atoms with Crippen molar-refractivity contribution in [2.45, 2.75) is 24.7 Å². The molecule has 1 aliphatic rings. The number of ketones is 1. The summed E-state index contributed by atoms with van der Waals surface area (Å²) in [4.78, 5) is 27.9. The number of hydrogen-bond acceptors (Lipinski definition) is 6. The second-order valence-electron chi connectivity index (χ2n) is 5.42. The molecule has 0 aliphatic heterocycles. The van der Waals surface area contributed by atoms with E-state index >= 15 is 0 Å². The first-order chi connectivity index (χ1) is 11.5. The maximum atomic E-state index is 12.7. The van der Waals surface area contributed by atoms with E-state index in [0.29, 0.717) is 29.0 Å². The van der Waals surface area contributed by atoms with Crippen LogP contribution in [0.4, 0.5) is 0 Å². The van der Waals surface area contributed by atoms with Gasteiger partial charge in [-0.25, -0.2) is 0 Å². The van der Waals surface area contributed by atoms with Gasteiger partial charge in [-0.2, -0.15) is 0 Å². The summed E-state index contributed by atoms with van der Waals surface area (Å²) in [5, 5.41) is 3.46. The highest BCUT2D eigenvalue weighted by Gasteiger charge is 2.53. The third-order valence-corrected chi connectivity index (χ3v) is 4.30. The minimum atomic E-state index is -1.39. The van der Waals surface area contributed by atoms with Crippen LogP contribution in [0.15, 0.2) is 17.2 Å². The number of methoxy groups -OCH3 is 3. The molecule has 0 radical (unpaired) electrons. The lowest BCUT2D eigenvalue weighted by molar-refractivity contribution is -0.151. The molecular weight excluding hydrogens is 314 g/mol. The standard InChI is InChI=1S/C16H19N3O5/c1-22-12-7-10-8-14(20)16(15(21)24-3,5-4-6-18-19-17)11(10)9-13(12)23-2/h7,9H,4-6,8H2,1-3H3. The summed E-state index contributed by atoms with van der Waals surface area (Å²) < 4.78 is 15.5. The number of ether oxygens (including phenoxy) is 3. The van der Waals surface area contributed by atoms with Crippen molar-refractivity contribution in [2.24, 2.45) is 5.11 Å². The van der Waals surface area contributed by atoms with Crippen LogP contribution in [0.2, 0.25) is 0 Å². The Morgan fingerprint density at radius 1 is 1.29 bits per heavy atom. The molecule has 1 aromatic rings. The first-order valence-corrected chi connectivity index (χ1v) is 7.43. The number of fused-ring (bicyclic) bond motifs is 1. The first kappa shape index (κ1) is 17.6. The lowest BCUT2D eigenvalue weighted by Crippen LogP contribution is -2.42. The van der Waals surface area contributed by atoms with Crippen LogP contribution in [0.25, 0.3) is 10.4 Å². The van der Waals surface area contributed by atoms with E-state index in [1.807, 2.05) is 0 Å². The van der Waals surface area contributed by atoms with Crippen molar-refractivity contribution in [2.75, 3.05) is 27.9 Å². The van der Waals surface area contributed by atoms with Gasteiger partial charge in [0.2, 0.25) is 0 Å². The van der Waals surface area contributed by atoms with Gasteiger partial charge in [-0.05, 0) is 41.6 Å². The zero-order valence-corrected chi connectivity index (χ0v) is 13.9. The fourth-order valence-electron chi connectivity index (χ4n) is 3.17. The monoisotopic (exact) mass is 333 g/mol. The molecule has 1 aliphatic carbocycles. The summed E-state index contributed by atoms with van der Waals surface area (Å²) in [6.07, 6.45) is 0.713. The molecule has 0 fully saturated rings. The van der Waals surface area contributed by atoms with Crippen LogP contribution < -0.4 is 9.47 Å². The van der Waals surface area contributed by atoms with Crippen molar-refractivity contribution in [1.29, 1.82) is 0 Å². The number of Topliss-reactive ketones (excluding diaryl/α,β-unsaturated/α-hetero) is 1. The second-order valence-corrected chi connectivity index (χ2v) is 5.42. The van der Waals surface area contributed by atoms with Gasteiger partial charge in [-0.3, -0.25) is 9.59 Å². The third kappa shape index (κ3) is 2.76. The van der Waals surface area contributed by atoms with E-state index in [9.17, 15) is 9.59 Å². The predicted octanol–water partition coefficient (Wildman–Crippen LogP) is 2.33. The summed E-state index contributed by atoms with van der Waals surface area (Å²) in [6.45, 7) is 0.200. The SMILES string of the molecule is COC(=O)C1(CCCN=[N+]=[N-])C(=O)Cc2cc(OC)c(OC)cc21. The summed E-state index contributed by atoms with van der Waals surface area (Å²) in [7, 11) is 4.25. The molecule has 0 bridgehead atoms. The van der Waals surface area contributed by atoms with E-state index in [0.717, 1.165) is 0 Å². The molecule has 0 heterocycles. The van der Waals surface area contributed by atoms with Gasteiger partial charge in [0.15, 0.2) is 22.7 Å². The van der Waals surface area contributed by atoms with E-state index in [2.05, 4.69) is 10.0 Å². The summed E-state index contributed by atoms with van der Waals surface area (Å²) in [5.41, 5.74) is 8.27. The molecule has 0 saturated heterocycles. The van der Waals surface area contributed by atoms with Crippen molar-refractivity contribution in [1.82, 2.24) is 0 Å². The normalized spacial score (nSPS) is 18.5. The highest BCUT2D eigenvalue weighted by molar-refractivity contribution is 6.13. The van der Waals surface area contributed by atoms with Crippen LogP contribution >= 0.6 is 0 Å². The van der Waals surface area contributed by atoms with E-state index in [-0.39, 0.29) is 25.2 Å². The smallest absolute Gasteiger partial charge is 0.323 e. The molecule has 24 heavy (non-hydrogen) atoms. The summed E-state index contributed by atoms with van der Waals surface area (Å²) >= 11 is 0. The average molecular weight is 333 g/mol. The van der Waals surface area contributed by atoms with Crippen LogP contribution in [-0.4, -0.2) is 39.6 Å². The third-order valence-electron chi connectivity index (χ3n) is 4.30. The maximum Gasteiger partial charge on any atom is 0.323 e. The molecular formula is C16H19N3O5. The molecule has 0 saturated carbocycles. The van der Waals surface area contributed by atoms with Crippen LogP contribution in [0.1, 0.15) is 24.0 Å². The number of azide groups is 1. The summed E-state index contributed by atoms with van der Waals surface area (Å²) in [5.74, 6) is 0.0908. The molecule has 0 aromatic heterocycles. The van der Waals surface area contributed by atoms with Gasteiger partial charge in [-0.15, -0.1) is 0 Å². The molecule has 8 heteroatoms. The van der Waals surface area contributed by atoms with Crippen LogP contribution in [0.3, 0.4) is 0 Å². The van der Waals surface area contributed by atoms with Crippen molar-refractivity contribution in [3.8, 4) is 11.5 Å². The zero-order chi connectivity index (χ0) is 17.7. The lowest BCUT2D eigenvalue weighted by atomic mass is 9.77. The Kier molecular flexibility index (Phi) is 5.31. The minimum absolute atomic E-state index is 0.117. The number of rotatable bonds is 7. The van der Waals surface area contributed by atoms with E-state index in [1.165, 1.54) is 21.3 Å². The predicted molar refractivity (Wildman–Crippen MR) is 85.2 cm³/mol. The largest absolute Gasteiger partial charge is 0.493 e. The quantitative estimate of drug-likeness (QED) is 0.190. The van der Waals surface area contributed by atoms with Gasteiger partial charge in [0.05, 0.1) is 21.3 Å². The fraction of sp³-hybridized carbons (Fsp3) is 0.500. The number of carbonyl (C=O) groups excluding carboxylic acids is 2. The Balaban J connectivity index is 2.54. The molecule has 0 spiro atoms. The molecule has 1 unspecified atom stereocenters. The van der Waals surface area contributed by atoms with Gasteiger partial charge in [0.25, 0.3) is 0 Å². The van der Waals surface area contributed by atoms with Gasteiger partial charge in [-0.1, -0.05) is 5.11 Å². The first-order valence-electron chi connectivity index (χ1n) is 7.43. The molecule has 0 N–H and O–H groups in total. The molecule has 8 nitrogen and oxygen atoms in total. The molecule has 2 rings (SSSR count). The Morgan fingerprint density at radius 3 is 2.54 bits per heavy atom. The molecule has 0 amide bonds. The van der Waals surface area contributed by atoms with Gasteiger partial charge >= 0.3 is 5.97 Å². The number of nitrogens with zero attached hydrogens (tertiary/aromatic N) is 3.